The molecule has 0 saturated heterocycles. The summed E-state index contributed by atoms with van der Waals surface area (Å²) in [5, 5.41) is 23.1. The van der Waals surface area contributed by atoms with Gasteiger partial charge in [0.1, 0.15) is 0 Å². The molecule has 57 heavy (non-hydrogen) atoms. The number of nitrogens with one attached hydrogen (secondary N) is 1. The Morgan fingerprint density at radius 1 is 0.439 bits per heavy atom. The van der Waals surface area contributed by atoms with E-state index in [0.717, 1.165) is 57.8 Å². The van der Waals surface area contributed by atoms with Gasteiger partial charge in [-0.15, -0.1) is 0 Å². The number of aliphatic hydroxyl groups excluding tert-OH is 2. The summed E-state index contributed by atoms with van der Waals surface area (Å²) < 4.78 is 0. The van der Waals surface area contributed by atoms with Gasteiger partial charge in [0.05, 0.1) is 18.8 Å². The lowest BCUT2D eigenvalue weighted by Gasteiger charge is -2.20. The zero-order chi connectivity index (χ0) is 41.4. The molecule has 1 amide bonds. The molecule has 4 nitrogen and oxygen atoms in total. The van der Waals surface area contributed by atoms with Crippen LogP contribution in [-0.4, -0.2) is 34.9 Å². The molecule has 0 bridgehead atoms. The van der Waals surface area contributed by atoms with Gasteiger partial charge < -0.3 is 15.5 Å². The Bertz CT molecular complexity index is 992. The molecule has 2 atom stereocenters. The second-order valence-corrected chi connectivity index (χ2v) is 16.5. The Balaban J connectivity index is 3.57. The maximum atomic E-state index is 12.4. The first-order valence-corrected chi connectivity index (χ1v) is 24.7. The molecule has 0 aliphatic rings. The van der Waals surface area contributed by atoms with Crippen molar-refractivity contribution in [1.29, 1.82) is 0 Å². The fourth-order valence-electron chi connectivity index (χ4n) is 7.21. The van der Waals surface area contributed by atoms with E-state index in [1.807, 2.05) is 6.08 Å². The van der Waals surface area contributed by atoms with Gasteiger partial charge in [-0.2, -0.15) is 0 Å². The van der Waals surface area contributed by atoms with Crippen LogP contribution in [-0.2, 0) is 4.79 Å². The van der Waals surface area contributed by atoms with Gasteiger partial charge in [-0.05, 0) is 64.2 Å². The lowest BCUT2D eigenvalue weighted by atomic mass is 10.0. The summed E-state index contributed by atoms with van der Waals surface area (Å²) >= 11 is 0. The van der Waals surface area contributed by atoms with Crippen molar-refractivity contribution >= 4 is 5.91 Å². The number of carbonyl (C=O) groups excluding carboxylic acids is 1. The molecule has 4 heteroatoms. The number of hydrogen-bond acceptors (Lipinski definition) is 3. The number of rotatable bonds is 44. The maximum Gasteiger partial charge on any atom is 0.220 e. The van der Waals surface area contributed by atoms with E-state index in [1.54, 1.807) is 6.08 Å². The van der Waals surface area contributed by atoms with Gasteiger partial charge in [-0.25, -0.2) is 0 Å². The molecule has 0 aliphatic carbocycles. The lowest BCUT2D eigenvalue weighted by Crippen LogP contribution is -2.45. The first kappa shape index (κ1) is 54.8. The Hall–Kier alpha value is -2.17. The molecule has 0 aliphatic heterocycles. The molecular formula is C53H95NO3. The van der Waals surface area contributed by atoms with Gasteiger partial charge >= 0.3 is 0 Å². The van der Waals surface area contributed by atoms with Crippen molar-refractivity contribution in [2.24, 2.45) is 0 Å². The highest BCUT2D eigenvalue weighted by atomic mass is 16.3. The van der Waals surface area contributed by atoms with E-state index >= 15 is 0 Å². The van der Waals surface area contributed by atoms with Crippen LogP contribution < -0.4 is 5.32 Å². The molecule has 0 aromatic rings. The summed E-state index contributed by atoms with van der Waals surface area (Å²) in [7, 11) is 0. The molecule has 0 aromatic carbocycles. The maximum absolute atomic E-state index is 12.4. The van der Waals surface area contributed by atoms with Crippen molar-refractivity contribution in [3.8, 4) is 0 Å². The van der Waals surface area contributed by atoms with E-state index in [9.17, 15) is 15.0 Å². The van der Waals surface area contributed by atoms with Crippen molar-refractivity contribution in [1.82, 2.24) is 5.32 Å². The predicted octanol–water partition coefficient (Wildman–Crippen LogP) is 15.9. The normalized spacial score (nSPS) is 13.5. The second-order valence-electron chi connectivity index (χ2n) is 16.5. The third kappa shape index (κ3) is 44.8. The molecule has 0 rings (SSSR count). The number of aliphatic hydroxyl groups is 2. The standard InChI is InChI=1S/C53H95NO3/c1-3-5-7-9-11-13-15-17-19-21-23-24-25-26-27-28-29-30-31-33-35-37-39-41-43-45-47-49-53(57)54-51(50-55)52(56)48-46-44-42-40-38-36-34-32-22-20-18-16-14-12-10-8-6-4-2/h5,7,11,13,17,19,23-24,26-27,46,48,51-52,55-56H,3-4,6,8-10,12,14-16,18,20-22,25,28-45,47,49-50H2,1-2H3,(H,54,57)/b7-5-,13-11-,19-17-,24-23-,27-26-,48-46+. The van der Waals surface area contributed by atoms with Crippen LogP contribution in [0.1, 0.15) is 239 Å². The van der Waals surface area contributed by atoms with E-state index < -0.39 is 12.1 Å². The van der Waals surface area contributed by atoms with Crippen molar-refractivity contribution < 1.29 is 15.0 Å². The molecule has 330 valence electrons. The smallest absolute Gasteiger partial charge is 0.220 e. The number of allylic oxidation sites excluding steroid dienone is 11. The highest BCUT2D eigenvalue weighted by molar-refractivity contribution is 5.76. The Labute approximate surface area is 355 Å². The van der Waals surface area contributed by atoms with Gasteiger partial charge in [0, 0.05) is 6.42 Å². The van der Waals surface area contributed by atoms with E-state index in [0.29, 0.717) is 6.42 Å². The van der Waals surface area contributed by atoms with Crippen molar-refractivity contribution in [3.63, 3.8) is 0 Å². The van der Waals surface area contributed by atoms with E-state index in [2.05, 4.69) is 79.9 Å². The fourth-order valence-corrected chi connectivity index (χ4v) is 7.21. The van der Waals surface area contributed by atoms with Gasteiger partial charge in [0.2, 0.25) is 5.91 Å². The van der Waals surface area contributed by atoms with E-state index in [1.165, 1.54) is 161 Å². The number of unbranched alkanes of at least 4 members (excludes halogenated alkanes) is 27. The summed E-state index contributed by atoms with van der Waals surface area (Å²) in [5.74, 6) is -0.0688. The van der Waals surface area contributed by atoms with Gasteiger partial charge in [0.25, 0.3) is 0 Å². The SMILES string of the molecule is CC/C=C\C/C=C\C/C=C\C/C=C\C/C=C\CCCCCCCCCCCCCC(=O)NC(CO)C(O)/C=C/CCCCCCCCCCCCCCCCCC. The van der Waals surface area contributed by atoms with Crippen LogP contribution >= 0.6 is 0 Å². The number of hydrogen-bond donors (Lipinski definition) is 3. The molecule has 3 N–H and O–H groups in total. The van der Waals surface area contributed by atoms with Gasteiger partial charge in [0.15, 0.2) is 0 Å². The molecule has 0 spiro atoms. The monoisotopic (exact) mass is 794 g/mol. The lowest BCUT2D eigenvalue weighted by molar-refractivity contribution is -0.123. The first-order chi connectivity index (χ1) is 28.2. The van der Waals surface area contributed by atoms with Crippen molar-refractivity contribution in [2.45, 2.75) is 251 Å². The average Bonchev–Trinajstić information content (AvgIpc) is 3.22. The third-order valence-corrected chi connectivity index (χ3v) is 10.9. The van der Waals surface area contributed by atoms with Crippen LogP contribution in [0.2, 0.25) is 0 Å². The number of amides is 1. The Morgan fingerprint density at radius 3 is 1.16 bits per heavy atom. The molecule has 0 radical (unpaired) electrons. The third-order valence-electron chi connectivity index (χ3n) is 10.9. The predicted molar refractivity (Wildman–Crippen MR) is 253 cm³/mol. The summed E-state index contributed by atoms with van der Waals surface area (Å²) in [6.07, 6.45) is 68.8. The summed E-state index contributed by atoms with van der Waals surface area (Å²) in [6.45, 7) is 4.20. The minimum Gasteiger partial charge on any atom is -0.394 e. The molecule has 0 fully saturated rings. The first-order valence-electron chi connectivity index (χ1n) is 24.7. The van der Waals surface area contributed by atoms with Crippen molar-refractivity contribution in [2.75, 3.05) is 6.61 Å². The van der Waals surface area contributed by atoms with E-state index in [-0.39, 0.29) is 12.5 Å². The molecule has 0 heterocycles. The summed E-state index contributed by atoms with van der Waals surface area (Å²) in [5.41, 5.74) is 0. The number of carbonyl (C=O) groups is 1. The van der Waals surface area contributed by atoms with Gasteiger partial charge in [-0.1, -0.05) is 241 Å². The highest BCUT2D eigenvalue weighted by Crippen LogP contribution is 2.15. The highest BCUT2D eigenvalue weighted by Gasteiger charge is 2.17. The Morgan fingerprint density at radius 2 is 0.772 bits per heavy atom. The fraction of sp³-hybridized carbons (Fsp3) is 0.755. The molecular weight excluding hydrogens is 699 g/mol. The van der Waals surface area contributed by atoms with Crippen LogP contribution in [0.4, 0.5) is 0 Å². The molecule has 0 saturated carbocycles. The van der Waals surface area contributed by atoms with Crippen LogP contribution in [0.15, 0.2) is 72.9 Å². The quantitative estimate of drug-likeness (QED) is 0.0425. The van der Waals surface area contributed by atoms with Gasteiger partial charge in [-0.3, -0.25) is 4.79 Å². The second kappa shape index (κ2) is 48.2. The summed E-state index contributed by atoms with van der Waals surface area (Å²) in [6, 6.07) is -0.627. The van der Waals surface area contributed by atoms with Crippen LogP contribution in [0, 0.1) is 0 Å². The van der Waals surface area contributed by atoms with Crippen LogP contribution in [0.3, 0.4) is 0 Å². The zero-order valence-corrected chi connectivity index (χ0v) is 37.8. The zero-order valence-electron chi connectivity index (χ0n) is 37.8. The summed E-state index contributed by atoms with van der Waals surface area (Å²) in [4.78, 5) is 12.4. The Kier molecular flexibility index (Phi) is 46.4. The van der Waals surface area contributed by atoms with Crippen LogP contribution in [0.25, 0.3) is 0 Å². The van der Waals surface area contributed by atoms with E-state index in [4.69, 9.17) is 0 Å². The molecule has 2 unspecified atom stereocenters. The average molecular weight is 794 g/mol. The van der Waals surface area contributed by atoms with Crippen LogP contribution in [0.5, 0.6) is 0 Å². The largest absolute Gasteiger partial charge is 0.394 e. The topological polar surface area (TPSA) is 69.6 Å². The minimum atomic E-state index is -0.844. The van der Waals surface area contributed by atoms with Crippen molar-refractivity contribution in [3.05, 3.63) is 72.9 Å². The molecule has 0 aromatic heterocycles. The minimum absolute atomic E-state index is 0.0688.